The Labute approximate surface area is 129 Å². The van der Waals surface area contributed by atoms with Gasteiger partial charge in [-0.15, -0.1) is 10.2 Å². The van der Waals surface area contributed by atoms with Crippen LogP contribution in [0.15, 0.2) is 18.2 Å². The summed E-state index contributed by atoms with van der Waals surface area (Å²) in [6.07, 6.45) is 0.837. The highest BCUT2D eigenvalue weighted by atomic mass is 16.6. The van der Waals surface area contributed by atoms with Gasteiger partial charge in [-0.05, 0) is 19.4 Å². The molecule has 1 heterocycles. The normalized spacial score (nSPS) is 12.4. The molecule has 0 amide bonds. The van der Waals surface area contributed by atoms with Gasteiger partial charge in [0.15, 0.2) is 0 Å². The van der Waals surface area contributed by atoms with Crippen molar-refractivity contribution < 1.29 is 4.92 Å². The molecule has 0 fully saturated rings. The monoisotopic (exact) mass is 303 g/mol. The molecule has 1 atom stereocenters. The van der Waals surface area contributed by atoms with E-state index < -0.39 is 0 Å². The second-order valence-electron chi connectivity index (χ2n) is 5.35. The van der Waals surface area contributed by atoms with Gasteiger partial charge >= 0.3 is 0 Å². The van der Waals surface area contributed by atoms with Crippen molar-refractivity contribution >= 4 is 5.69 Å². The SMILES string of the molecule is CCc1nnc(CN[C@@H](C)c2ccc(C)c([N+](=O)[O-])c2)n1C. The summed E-state index contributed by atoms with van der Waals surface area (Å²) in [6, 6.07) is 5.31. The lowest BCUT2D eigenvalue weighted by atomic mass is 10.0. The van der Waals surface area contributed by atoms with Gasteiger partial charge in [-0.2, -0.15) is 0 Å². The smallest absolute Gasteiger partial charge is 0.272 e. The Morgan fingerprint density at radius 3 is 2.64 bits per heavy atom. The van der Waals surface area contributed by atoms with Crippen molar-refractivity contribution in [2.24, 2.45) is 7.05 Å². The number of rotatable bonds is 6. The van der Waals surface area contributed by atoms with Gasteiger partial charge in [0.25, 0.3) is 5.69 Å². The molecule has 0 saturated heterocycles. The molecule has 0 spiro atoms. The van der Waals surface area contributed by atoms with E-state index in [1.807, 2.05) is 31.5 Å². The second kappa shape index (κ2) is 6.65. The average Bonchev–Trinajstić information content (AvgIpc) is 2.85. The van der Waals surface area contributed by atoms with Crippen LogP contribution in [0.3, 0.4) is 0 Å². The number of aryl methyl sites for hydroxylation is 2. The Kier molecular flexibility index (Phi) is 4.87. The lowest BCUT2D eigenvalue weighted by molar-refractivity contribution is -0.385. The van der Waals surface area contributed by atoms with Gasteiger partial charge in [-0.1, -0.05) is 19.1 Å². The maximum Gasteiger partial charge on any atom is 0.272 e. The van der Waals surface area contributed by atoms with Gasteiger partial charge in [-0.3, -0.25) is 10.1 Å². The van der Waals surface area contributed by atoms with Gasteiger partial charge in [0.2, 0.25) is 0 Å². The number of nitrogens with one attached hydrogen (secondary N) is 1. The van der Waals surface area contributed by atoms with Crippen LogP contribution in [0.4, 0.5) is 5.69 Å². The highest BCUT2D eigenvalue weighted by Gasteiger charge is 2.15. The van der Waals surface area contributed by atoms with Gasteiger partial charge in [0.05, 0.1) is 11.5 Å². The zero-order chi connectivity index (χ0) is 16.3. The van der Waals surface area contributed by atoms with Crippen LogP contribution in [0, 0.1) is 17.0 Å². The number of benzene rings is 1. The maximum absolute atomic E-state index is 11.0. The molecule has 2 aromatic rings. The first-order chi connectivity index (χ1) is 10.4. The van der Waals surface area contributed by atoms with Crippen LogP contribution in [-0.2, 0) is 20.0 Å². The summed E-state index contributed by atoms with van der Waals surface area (Å²) in [5.41, 5.74) is 1.70. The van der Waals surface area contributed by atoms with E-state index in [1.54, 1.807) is 19.1 Å². The largest absolute Gasteiger partial charge is 0.317 e. The quantitative estimate of drug-likeness (QED) is 0.654. The minimum absolute atomic E-state index is 0.0129. The molecule has 1 N–H and O–H groups in total. The third-order valence-electron chi connectivity index (χ3n) is 3.87. The third kappa shape index (κ3) is 3.30. The third-order valence-corrected chi connectivity index (χ3v) is 3.87. The van der Waals surface area contributed by atoms with Crippen LogP contribution in [0.2, 0.25) is 0 Å². The zero-order valence-corrected chi connectivity index (χ0v) is 13.3. The number of hydrogen-bond acceptors (Lipinski definition) is 5. The molecule has 0 bridgehead atoms. The minimum Gasteiger partial charge on any atom is -0.317 e. The van der Waals surface area contributed by atoms with Gasteiger partial charge in [0, 0.05) is 31.1 Å². The van der Waals surface area contributed by atoms with E-state index in [9.17, 15) is 10.1 Å². The number of aromatic nitrogens is 3. The maximum atomic E-state index is 11.0. The first-order valence-corrected chi connectivity index (χ1v) is 7.29. The summed E-state index contributed by atoms with van der Waals surface area (Å²) in [7, 11) is 1.94. The molecule has 0 aliphatic rings. The molecule has 1 aromatic carbocycles. The van der Waals surface area contributed by atoms with E-state index in [4.69, 9.17) is 0 Å². The van der Waals surface area contributed by atoms with Gasteiger partial charge in [-0.25, -0.2) is 0 Å². The standard InChI is InChI=1S/C15H21N5O2/c1-5-14-17-18-15(19(14)4)9-16-11(3)12-7-6-10(2)13(8-12)20(21)22/h6-8,11,16H,5,9H2,1-4H3/t11-/m0/s1. The molecule has 0 aliphatic heterocycles. The zero-order valence-electron chi connectivity index (χ0n) is 13.3. The van der Waals surface area contributed by atoms with Crippen LogP contribution in [-0.4, -0.2) is 19.7 Å². The number of nitro benzene ring substituents is 1. The highest BCUT2D eigenvalue weighted by Crippen LogP contribution is 2.23. The fraction of sp³-hybridized carbons (Fsp3) is 0.467. The molecule has 0 aliphatic carbocycles. The molecule has 118 valence electrons. The first kappa shape index (κ1) is 16.1. The van der Waals surface area contributed by atoms with Crippen LogP contribution in [0.1, 0.15) is 42.7 Å². The number of hydrogen-bond donors (Lipinski definition) is 1. The van der Waals surface area contributed by atoms with Crippen molar-refractivity contribution in [2.45, 2.75) is 39.8 Å². The van der Waals surface area contributed by atoms with Crippen LogP contribution >= 0.6 is 0 Å². The van der Waals surface area contributed by atoms with Crippen LogP contribution < -0.4 is 5.32 Å². The number of nitrogens with zero attached hydrogens (tertiary/aromatic N) is 4. The molecule has 1 aromatic heterocycles. The molecule has 0 saturated carbocycles. The van der Waals surface area contributed by atoms with Crippen LogP contribution in [0.25, 0.3) is 0 Å². The second-order valence-corrected chi connectivity index (χ2v) is 5.35. The molecular weight excluding hydrogens is 282 g/mol. The lowest BCUT2D eigenvalue weighted by Crippen LogP contribution is -2.20. The Bertz CT molecular complexity index is 681. The lowest BCUT2D eigenvalue weighted by Gasteiger charge is -2.14. The van der Waals surface area contributed by atoms with Gasteiger partial charge < -0.3 is 9.88 Å². The Balaban J connectivity index is 2.09. The molecular formula is C15H21N5O2. The average molecular weight is 303 g/mol. The fourth-order valence-corrected chi connectivity index (χ4v) is 2.32. The van der Waals surface area contributed by atoms with Gasteiger partial charge in [0.1, 0.15) is 11.6 Å². The van der Waals surface area contributed by atoms with E-state index >= 15 is 0 Å². The predicted octanol–water partition coefficient (Wildman–Crippen LogP) is 2.44. The Hall–Kier alpha value is -2.28. The highest BCUT2D eigenvalue weighted by molar-refractivity contribution is 5.43. The van der Waals surface area contributed by atoms with Crippen molar-refractivity contribution in [1.29, 1.82) is 0 Å². The van der Waals surface area contributed by atoms with Crippen molar-refractivity contribution in [2.75, 3.05) is 0 Å². The fourth-order valence-electron chi connectivity index (χ4n) is 2.32. The molecule has 0 radical (unpaired) electrons. The van der Waals surface area contributed by atoms with E-state index in [2.05, 4.69) is 15.5 Å². The van der Waals surface area contributed by atoms with E-state index in [0.29, 0.717) is 12.1 Å². The van der Waals surface area contributed by atoms with E-state index in [-0.39, 0.29) is 16.7 Å². The van der Waals surface area contributed by atoms with E-state index in [1.165, 1.54) is 0 Å². The minimum atomic E-state index is -0.345. The summed E-state index contributed by atoms with van der Waals surface area (Å²) in [5, 5.41) is 22.6. The van der Waals surface area contributed by atoms with Crippen molar-refractivity contribution in [3.8, 4) is 0 Å². The summed E-state index contributed by atoms with van der Waals surface area (Å²) in [6.45, 7) is 6.32. The van der Waals surface area contributed by atoms with E-state index in [0.717, 1.165) is 23.6 Å². The summed E-state index contributed by atoms with van der Waals surface area (Å²) in [5.74, 6) is 1.79. The van der Waals surface area contributed by atoms with Crippen LogP contribution in [0.5, 0.6) is 0 Å². The summed E-state index contributed by atoms with van der Waals surface area (Å²) in [4.78, 5) is 10.7. The predicted molar refractivity (Wildman–Crippen MR) is 83.5 cm³/mol. The first-order valence-electron chi connectivity index (χ1n) is 7.29. The molecule has 2 rings (SSSR count). The Morgan fingerprint density at radius 2 is 2.05 bits per heavy atom. The van der Waals surface area contributed by atoms with Crippen molar-refractivity contribution in [3.05, 3.63) is 51.1 Å². The molecule has 0 unspecified atom stereocenters. The van der Waals surface area contributed by atoms with Crippen molar-refractivity contribution in [3.63, 3.8) is 0 Å². The topological polar surface area (TPSA) is 85.9 Å². The van der Waals surface area contributed by atoms with Crippen molar-refractivity contribution in [1.82, 2.24) is 20.1 Å². The number of nitro groups is 1. The molecule has 7 nitrogen and oxygen atoms in total. The molecule has 7 heteroatoms. The summed E-state index contributed by atoms with van der Waals surface area (Å²) >= 11 is 0. The molecule has 22 heavy (non-hydrogen) atoms. The summed E-state index contributed by atoms with van der Waals surface area (Å²) < 4.78 is 1.97. The Morgan fingerprint density at radius 1 is 1.36 bits per heavy atom.